The Balaban J connectivity index is 2.81. The minimum absolute atomic E-state index is 0.0510. The molecule has 0 spiro atoms. The molecule has 1 heterocycles. The SMILES string of the molecule is CC(CSc1ncccc1C(F)(F)F)C(=O)O. The van der Waals surface area contributed by atoms with Crippen LogP contribution in [0, 0.1) is 5.92 Å². The molecule has 0 amide bonds. The zero-order chi connectivity index (χ0) is 13.1. The van der Waals surface area contributed by atoms with Gasteiger partial charge in [-0.05, 0) is 12.1 Å². The molecular formula is C10H10F3NO2S. The number of carboxylic acids is 1. The number of alkyl halides is 3. The largest absolute Gasteiger partial charge is 0.481 e. The minimum atomic E-state index is -4.47. The Morgan fingerprint density at radius 3 is 2.76 bits per heavy atom. The van der Waals surface area contributed by atoms with Gasteiger partial charge in [0.1, 0.15) is 5.03 Å². The predicted octanol–water partition coefficient (Wildman–Crippen LogP) is 2.91. The highest BCUT2D eigenvalue weighted by atomic mass is 32.2. The molecule has 0 aliphatic rings. The lowest BCUT2D eigenvalue weighted by Gasteiger charge is -2.11. The van der Waals surface area contributed by atoms with E-state index in [2.05, 4.69) is 4.98 Å². The average Bonchev–Trinajstić information content (AvgIpc) is 2.24. The van der Waals surface area contributed by atoms with Crippen molar-refractivity contribution in [2.75, 3.05) is 5.75 Å². The second kappa shape index (κ2) is 5.39. The fourth-order valence-electron chi connectivity index (χ4n) is 0.997. The highest BCUT2D eigenvalue weighted by Crippen LogP contribution is 2.35. The molecule has 0 aliphatic heterocycles. The van der Waals surface area contributed by atoms with Crippen LogP contribution in [-0.4, -0.2) is 21.8 Å². The third-order valence-electron chi connectivity index (χ3n) is 1.97. The number of hydrogen-bond donors (Lipinski definition) is 1. The van der Waals surface area contributed by atoms with Gasteiger partial charge in [0, 0.05) is 11.9 Å². The number of nitrogens with zero attached hydrogens (tertiary/aromatic N) is 1. The molecule has 0 radical (unpaired) electrons. The zero-order valence-electron chi connectivity index (χ0n) is 8.86. The number of halogens is 3. The average molecular weight is 265 g/mol. The van der Waals surface area contributed by atoms with Gasteiger partial charge in [-0.1, -0.05) is 6.92 Å². The predicted molar refractivity (Wildman–Crippen MR) is 56.8 cm³/mol. The van der Waals surface area contributed by atoms with Crippen LogP contribution in [0.1, 0.15) is 12.5 Å². The maximum atomic E-state index is 12.6. The molecule has 0 aromatic carbocycles. The maximum Gasteiger partial charge on any atom is 0.419 e. The third kappa shape index (κ3) is 3.92. The molecule has 94 valence electrons. The first-order valence-corrected chi connectivity index (χ1v) is 5.68. The van der Waals surface area contributed by atoms with Crippen LogP contribution in [0.15, 0.2) is 23.4 Å². The lowest BCUT2D eigenvalue weighted by atomic mass is 10.2. The monoisotopic (exact) mass is 265 g/mol. The van der Waals surface area contributed by atoms with E-state index in [1.54, 1.807) is 0 Å². The van der Waals surface area contributed by atoms with Crippen molar-refractivity contribution in [1.82, 2.24) is 4.98 Å². The summed E-state index contributed by atoms with van der Waals surface area (Å²) in [4.78, 5) is 14.2. The van der Waals surface area contributed by atoms with Crippen molar-refractivity contribution in [3.05, 3.63) is 23.9 Å². The first-order chi connectivity index (χ1) is 7.82. The van der Waals surface area contributed by atoms with E-state index in [-0.39, 0.29) is 10.8 Å². The first-order valence-electron chi connectivity index (χ1n) is 4.70. The van der Waals surface area contributed by atoms with E-state index >= 15 is 0 Å². The molecule has 3 nitrogen and oxygen atoms in total. The van der Waals surface area contributed by atoms with Crippen LogP contribution >= 0.6 is 11.8 Å². The van der Waals surface area contributed by atoms with Crippen molar-refractivity contribution < 1.29 is 23.1 Å². The van der Waals surface area contributed by atoms with Crippen molar-refractivity contribution >= 4 is 17.7 Å². The summed E-state index contributed by atoms with van der Waals surface area (Å²) in [5.74, 6) is -1.71. The van der Waals surface area contributed by atoms with Gasteiger partial charge in [0.2, 0.25) is 0 Å². The van der Waals surface area contributed by atoms with Crippen LogP contribution in [0.25, 0.3) is 0 Å². The Kier molecular flexibility index (Phi) is 4.39. The van der Waals surface area contributed by atoms with Crippen LogP contribution in [0.3, 0.4) is 0 Å². The van der Waals surface area contributed by atoms with Gasteiger partial charge in [0.05, 0.1) is 11.5 Å². The Labute approximate surface area is 100 Å². The summed E-state index contributed by atoms with van der Waals surface area (Å²) < 4.78 is 37.7. The Morgan fingerprint density at radius 1 is 1.59 bits per heavy atom. The molecule has 1 atom stereocenters. The molecule has 1 rings (SSSR count). The van der Waals surface area contributed by atoms with Gasteiger partial charge >= 0.3 is 12.1 Å². The summed E-state index contributed by atoms with van der Waals surface area (Å²) in [7, 11) is 0. The molecule has 1 aromatic heterocycles. The lowest BCUT2D eigenvalue weighted by Crippen LogP contribution is -2.13. The minimum Gasteiger partial charge on any atom is -0.481 e. The molecule has 17 heavy (non-hydrogen) atoms. The summed E-state index contributed by atoms with van der Waals surface area (Å²) in [5, 5.41) is 8.45. The summed E-state index contributed by atoms with van der Waals surface area (Å²) in [6.07, 6.45) is -3.22. The normalized spacial score (nSPS) is 13.4. The van der Waals surface area contributed by atoms with E-state index in [4.69, 9.17) is 5.11 Å². The summed E-state index contributed by atoms with van der Waals surface area (Å²) >= 11 is 0.798. The second-order valence-electron chi connectivity index (χ2n) is 3.40. The quantitative estimate of drug-likeness (QED) is 0.850. The van der Waals surface area contributed by atoms with E-state index < -0.39 is 23.6 Å². The van der Waals surface area contributed by atoms with Crippen LogP contribution in [0.4, 0.5) is 13.2 Å². The Morgan fingerprint density at radius 2 is 2.24 bits per heavy atom. The molecule has 0 saturated carbocycles. The van der Waals surface area contributed by atoms with Gasteiger partial charge in [-0.3, -0.25) is 4.79 Å². The number of aliphatic carboxylic acids is 1. The molecular weight excluding hydrogens is 255 g/mol. The van der Waals surface area contributed by atoms with Gasteiger partial charge < -0.3 is 5.11 Å². The van der Waals surface area contributed by atoms with Crippen molar-refractivity contribution in [2.45, 2.75) is 18.1 Å². The highest BCUT2D eigenvalue weighted by molar-refractivity contribution is 7.99. The van der Waals surface area contributed by atoms with E-state index in [0.717, 1.165) is 17.8 Å². The molecule has 1 N–H and O–H groups in total. The fraction of sp³-hybridized carbons (Fsp3) is 0.400. The lowest BCUT2D eigenvalue weighted by molar-refractivity contribution is -0.140. The van der Waals surface area contributed by atoms with Gasteiger partial charge in [0.15, 0.2) is 0 Å². The van der Waals surface area contributed by atoms with Gasteiger partial charge in [-0.2, -0.15) is 13.2 Å². The topological polar surface area (TPSA) is 50.2 Å². The smallest absolute Gasteiger partial charge is 0.419 e. The molecule has 0 fully saturated rings. The van der Waals surface area contributed by atoms with Gasteiger partial charge in [-0.25, -0.2) is 4.98 Å². The number of carboxylic acid groups (broad SMARTS) is 1. The number of carbonyl (C=O) groups is 1. The van der Waals surface area contributed by atoms with E-state index in [9.17, 15) is 18.0 Å². The van der Waals surface area contributed by atoms with Gasteiger partial charge in [0.25, 0.3) is 0 Å². The van der Waals surface area contributed by atoms with Crippen LogP contribution in [0.5, 0.6) is 0 Å². The molecule has 0 saturated heterocycles. The van der Waals surface area contributed by atoms with Crippen LogP contribution in [0.2, 0.25) is 0 Å². The molecule has 1 aromatic rings. The summed E-state index contributed by atoms with van der Waals surface area (Å²) in [6.45, 7) is 1.44. The Bertz CT molecular complexity index is 409. The van der Waals surface area contributed by atoms with Crippen molar-refractivity contribution in [1.29, 1.82) is 0 Å². The second-order valence-corrected chi connectivity index (χ2v) is 4.41. The summed E-state index contributed by atoms with van der Waals surface area (Å²) in [6, 6.07) is 2.13. The number of hydrogen-bond acceptors (Lipinski definition) is 3. The highest BCUT2D eigenvalue weighted by Gasteiger charge is 2.34. The first kappa shape index (κ1) is 13.8. The van der Waals surface area contributed by atoms with Crippen molar-refractivity contribution in [3.63, 3.8) is 0 Å². The number of rotatable bonds is 4. The number of aromatic nitrogens is 1. The van der Waals surface area contributed by atoms with Crippen molar-refractivity contribution in [2.24, 2.45) is 5.92 Å². The van der Waals surface area contributed by atoms with Crippen molar-refractivity contribution in [3.8, 4) is 0 Å². The zero-order valence-corrected chi connectivity index (χ0v) is 9.68. The number of pyridine rings is 1. The molecule has 0 bridgehead atoms. The fourth-order valence-corrected chi connectivity index (χ4v) is 2.02. The van der Waals surface area contributed by atoms with Crippen LogP contribution < -0.4 is 0 Å². The van der Waals surface area contributed by atoms with Gasteiger partial charge in [-0.15, -0.1) is 11.8 Å². The summed E-state index contributed by atoms with van der Waals surface area (Å²) in [5.41, 5.74) is -0.831. The van der Waals surface area contributed by atoms with E-state index in [1.165, 1.54) is 19.2 Å². The van der Waals surface area contributed by atoms with E-state index in [1.807, 2.05) is 0 Å². The van der Waals surface area contributed by atoms with Crippen LogP contribution in [-0.2, 0) is 11.0 Å². The third-order valence-corrected chi connectivity index (χ3v) is 3.23. The maximum absolute atomic E-state index is 12.6. The molecule has 0 aliphatic carbocycles. The number of thioether (sulfide) groups is 1. The standard InChI is InChI=1S/C10H10F3NO2S/c1-6(9(15)16)5-17-8-7(10(11,12)13)3-2-4-14-8/h2-4,6H,5H2,1H3,(H,15,16). The molecule has 7 heteroatoms. The van der Waals surface area contributed by atoms with E-state index in [0.29, 0.717) is 0 Å². The molecule has 1 unspecified atom stereocenters. The Hall–Kier alpha value is -1.24.